The normalized spacial score (nSPS) is 25.2. The van der Waals surface area contributed by atoms with Gasteiger partial charge in [0.1, 0.15) is 0 Å². The van der Waals surface area contributed by atoms with Crippen LogP contribution in [0.5, 0.6) is 0 Å². The highest BCUT2D eigenvalue weighted by Crippen LogP contribution is 2.50. The van der Waals surface area contributed by atoms with Crippen LogP contribution in [0.25, 0.3) is 0 Å². The van der Waals surface area contributed by atoms with Gasteiger partial charge < -0.3 is 20.5 Å². The number of hydrogen-bond acceptors (Lipinski definition) is 5. The van der Waals surface area contributed by atoms with E-state index in [-0.39, 0.29) is 23.5 Å². The fourth-order valence-corrected chi connectivity index (χ4v) is 4.16. The van der Waals surface area contributed by atoms with Gasteiger partial charge in [0.2, 0.25) is 5.91 Å². The van der Waals surface area contributed by atoms with E-state index < -0.39 is 0 Å². The first-order valence-electron chi connectivity index (χ1n) is 9.26. The maximum atomic E-state index is 12.5. The Balaban J connectivity index is 1.50. The molecule has 0 radical (unpaired) electrons. The fraction of sp³-hybridized carbons (Fsp3) is 0.778. The summed E-state index contributed by atoms with van der Waals surface area (Å²) < 4.78 is 5.81. The number of carbonyl (C=O) groups excluding carboxylic acids is 1. The van der Waals surface area contributed by atoms with Gasteiger partial charge in [-0.1, -0.05) is 0 Å². The van der Waals surface area contributed by atoms with Gasteiger partial charge in [0.25, 0.3) is 0 Å². The third-order valence-electron chi connectivity index (χ3n) is 6.16. The minimum absolute atomic E-state index is 0.0815. The average molecular weight is 350 g/mol. The number of nitrogens with one attached hydrogen (secondary N) is 1. The first kappa shape index (κ1) is 18.4. The molecule has 140 valence electrons. The second-order valence-corrected chi connectivity index (χ2v) is 7.43. The Morgan fingerprint density at radius 3 is 2.72 bits per heavy atom. The largest absolute Gasteiger partial charge is 0.392 e. The average Bonchev–Trinajstić information content (AvgIpc) is 2.95. The summed E-state index contributed by atoms with van der Waals surface area (Å²) in [5.41, 5.74) is 8.51. The molecule has 1 saturated heterocycles. The number of ether oxygens (including phenoxy) is 1. The first-order valence-corrected chi connectivity index (χ1v) is 9.26. The van der Waals surface area contributed by atoms with Crippen molar-refractivity contribution in [2.24, 2.45) is 11.1 Å². The summed E-state index contributed by atoms with van der Waals surface area (Å²) in [4.78, 5) is 14.4. The predicted octanol–water partition coefficient (Wildman–Crippen LogP) is 0.676. The smallest absolute Gasteiger partial charge is 0.222 e. The maximum absolute atomic E-state index is 12.5. The van der Waals surface area contributed by atoms with Crippen molar-refractivity contribution < 1.29 is 14.6 Å². The summed E-state index contributed by atoms with van der Waals surface area (Å²) >= 11 is 0. The molecule has 2 atom stereocenters. The number of amides is 1. The molecular formula is C18H30N4O3. The van der Waals surface area contributed by atoms with Crippen LogP contribution in [0, 0.1) is 19.3 Å². The second-order valence-electron chi connectivity index (χ2n) is 7.43. The van der Waals surface area contributed by atoms with E-state index in [1.165, 1.54) is 0 Å². The van der Waals surface area contributed by atoms with Crippen LogP contribution in [0.3, 0.4) is 0 Å². The Bertz CT molecular complexity index is 607. The van der Waals surface area contributed by atoms with Gasteiger partial charge in [-0.2, -0.15) is 5.10 Å². The van der Waals surface area contributed by atoms with Crippen LogP contribution in [-0.2, 0) is 16.0 Å². The van der Waals surface area contributed by atoms with Crippen LogP contribution in [0.4, 0.5) is 0 Å². The summed E-state index contributed by atoms with van der Waals surface area (Å²) in [6.45, 7) is 6.44. The number of aryl methyl sites for hydroxylation is 2. The van der Waals surface area contributed by atoms with Crippen molar-refractivity contribution in [1.82, 2.24) is 15.1 Å². The number of hydrogen-bond donors (Lipinski definition) is 3. The van der Waals surface area contributed by atoms with Gasteiger partial charge in [0.15, 0.2) is 0 Å². The maximum Gasteiger partial charge on any atom is 0.222 e. The van der Waals surface area contributed by atoms with E-state index in [2.05, 4.69) is 10.2 Å². The summed E-state index contributed by atoms with van der Waals surface area (Å²) in [6, 6.07) is 0. The van der Waals surface area contributed by atoms with Crippen LogP contribution in [0.1, 0.15) is 42.6 Å². The molecule has 25 heavy (non-hydrogen) atoms. The van der Waals surface area contributed by atoms with Crippen molar-refractivity contribution in [1.29, 1.82) is 0 Å². The van der Waals surface area contributed by atoms with Crippen molar-refractivity contribution in [3.05, 3.63) is 17.0 Å². The van der Waals surface area contributed by atoms with Crippen molar-refractivity contribution >= 4 is 5.91 Å². The lowest BCUT2D eigenvalue weighted by Gasteiger charge is -2.56. The molecule has 1 amide bonds. The van der Waals surface area contributed by atoms with E-state index in [0.29, 0.717) is 45.5 Å². The number of nitrogens with two attached hydrogens (primary N) is 1. The standard InChI is InChI=1S/C18H30N4O3/c1-12-13(2)20-21-14(12)3-4-17(24)22-8-5-18(6-9-22)15(23)11-16(18)25-10-7-19/h15-16,23H,3-11,19H2,1-2H3,(H,20,21)/t15-,16+/m0/s1. The van der Waals surface area contributed by atoms with Crippen molar-refractivity contribution in [2.45, 2.75) is 58.2 Å². The molecule has 4 N–H and O–H groups in total. The topological polar surface area (TPSA) is 104 Å². The fourth-order valence-electron chi connectivity index (χ4n) is 4.16. The van der Waals surface area contributed by atoms with Crippen LogP contribution < -0.4 is 5.73 Å². The number of carbonyl (C=O) groups is 1. The van der Waals surface area contributed by atoms with Gasteiger partial charge in [-0.25, -0.2) is 0 Å². The van der Waals surface area contributed by atoms with Gasteiger partial charge in [0.05, 0.1) is 24.5 Å². The number of aliphatic hydroxyl groups excluding tert-OH is 1. The van der Waals surface area contributed by atoms with E-state index in [9.17, 15) is 9.90 Å². The summed E-state index contributed by atoms with van der Waals surface area (Å²) in [5, 5.41) is 17.5. The summed E-state index contributed by atoms with van der Waals surface area (Å²) in [6.07, 6.45) is 3.20. The molecule has 1 spiro atoms. The van der Waals surface area contributed by atoms with Gasteiger partial charge in [-0.15, -0.1) is 0 Å². The Labute approximate surface area is 148 Å². The van der Waals surface area contributed by atoms with Crippen LogP contribution in [0.2, 0.25) is 0 Å². The Kier molecular flexibility index (Phi) is 5.46. The molecule has 1 saturated carbocycles. The Morgan fingerprint density at radius 2 is 2.16 bits per heavy atom. The minimum atomic E-state index is -0.317. The van der Waals surface area contributed by atoms with Crippen LogP contribution >= 0.6 is 0 Å². The van der Waals surface area contributed by atoms with Crippen LogP contribution in [-0.4, -0.2) is 64.6 Å². The predicted molar refractivity (Wildman–Crippen MR) is 94.0 cm³/mol. The molecule has 2 heterocycles. The van der Waals surface area contributed by atoms with Gasteiger partial charge in [0, 0.05) is 50.0 Å². The third kappa shape index (κ3) is 3.45. The number of nitrogens with zero attached hydrogens (tertiary/aromatic N) is 2. The van der Waals surface area contributed by atoms with E-state index in [0.717, 1.165) is 29.8 Å². The van der Waals surface area contributed by atoms with E-state index in [4.69, 9.17) is 10.5 Å². The number of likely N-dealkylation sites (tertiary alicyclic amines) is 1. The first-order chi connectivity index (χ1) is 12.0. The molecule has 2 aliphatic rings. The van der Waals surface area contributed by atoms with Crippen LogP contribution in [0.15, 0.2) is 0 Å². The highest BCUT2D eigenvalue weighted by molar-refractivity contribution is 5.76. The molecule has 7 nitrogen and oxygen atoms in total. The Morgan fingerprint density at radius 1 is 1.44 bits per heavy atom. The van der Waals surface area contributed by atoms with Gasteiger partial charge in [-0.3, -0.25) is 9.89 Å². The number of H-pyrrole nitrogens is 1. The quantitative estimate of drug-likeness (QED) is 0.700. The van der Waals surface area contributed by atoms with Crippen molar-refractivity contribution in [3.8, 4) is 0 Å². The van der Waals surface area contributed by atoms with Crippen molar-refractivity contribution in [3.63, 3.8) is 0 Å². The minimum Gasteiger partial charge on any atom is -0.392 e. The molecule has 1 aromatic heterocycles. The number of aromatic amines is 1. The lowest BCUT2D eigenvalue weighted by atomic mass is 9.58. The van der Waals surface area contributed by atoms with Crippen molar-refractivity contribution in [2.75, 3.05) is 26.2 Å². The lowest BCUT2D eigenvalue weighted by Crippen LogP contribution is -2.62. The SMILES string of the molecule is Cc1[nH]nc(CCC(=O)N2CCC3(CC2)[C@@H](O)C[C@H]3OCCN)c1C. The molecule has 1 aliphatic carbocycles. The molecule has 2 fully saturated rings. The number of piperidine rings is 1. The van der Waals surface area contributed by atoms with E-state index in [1.807, 2.05) is 18.7 Å². The number of rotatable bonds is 6. The van der Waals surface area contributed by atoms with E-state index in [1.54, 1.807) is 0 Å². The number of aliphatic hydroxyl groups is 1. The van der Waals surface area contributed by atoms with Gasteiger partial charge in [-0.05, 0) is 32.3 Å². The highest BCUT2D eigenvalue weighted by Gasteiger charge is 2.56. The molecule has 7 heteroatoms. The second kappa shape index (κ2) is 7.43. The molecule has 1 aromatic rings. The molecule has 0 bridgehead atoms. The highest BCUT2D eigenvalue weighted by atomic mass is 16.5. The summed E-state index contributed by atoms with van der Waals surface area (Å²) in [7, 11) is 0. The molecule has 0 unspecified atom stereocenters. The zero-order valence-corrected chi connectivity index (χ0v) is 15.3. The molecular weight excluding hydrogens is 320 g/mol. The zero-order chi connectivity index (χ0) is 18.0. The van der Waals surface area contributed by atoms with E-state index >= 15 is 0 Å². The molecule has 0 aromatic carbocycles. The number of aromatic nitrogens is 2. The Hall–Kier alpha value is -1.44. The molecule has 1 aliphatic heterocycles. The monoisotopic (exact) mass is 350 g/mol. The van der Waals surface area contributed by atoms with Gasteiger partial charge >= 0.3 is 0 Å². The lowest BCUT2D eigenvalue weighted by molar-refractivity contribution is -0.210. The third-order valence-corrected chi connectivity index (χ3v) is 6.16. The molecule has 3 rings (SSSR count). The zero-order valence-electron chi connectivity index (χ0n) is 15.3. The summed E-state index contributed by atoms with van der Waals surface area (Å²) in [5.74, 6) is 0.170.